The van der Waals surface area contributed by atoms with Crippen molar-refractivity contribution < 1.29 is 19.1 Å². The van der Waals surface area contributed by atoms with E-state index in [0.29, 0.717) is 17.9 Å². The zero-order chi connectivity index (χ0) is 19.7. The van der Waals surface area contributed by atoms with Crippen LogP contribution in [0.1, 0.15) is 52.4 Å². The molecule has 1 atom stereocenters. The Balaban J connectivity index is 1.84. The molecule has 1 aliphatic rings. The highest BCUT2D eigenvalue weighted by Gasteiger charge is 2.32. The van der Waals surface area contributed by atoms with E-state index in [1.807, 2.05) is 11.8 Å². The average Bonchev–Trinajstić information content (AvgIpc) is 3.22. The first-order chi connectivity index (χ1) is 13.0. The van der Waals surface area contributed by atoms with E-state index in [1.54, 1.807) is 31.4 Å². The molecule has 1 aliphatic heterocycles. The summed E-state index contributed by atoms with van der Waals surface area (Å²) in [4.78, 5) is 26.4. The summed E-state index contributed by atoms with van der Waals surface area (Å²) in [6.07, 6.45) is 5.95. The van der Waals surface area contributed by atoms with Crippen molar-refractivity contribution in [2.75, 3.05) is 32.1 Å². The van der Waals surface area contributed by atoms with Crippen LogP contribution in [-0.4, -0.2) is 49.1 Å². The number of unbranched alkanes of at least 4 members (excludes halogenated alkanes) is 2. The van der Waals surface area contributed by atoms with E-state index in [4.69, 9.17) is 9.47 Å². The molecule has 0 bridgehead atoms. The lowest BCUT2D eigenvalue weighted by Crippen LogP contribution is -2.41. The summed E-state index contributed by atoms with van der Waals surface area (Å²) in [5.41, 5.74) is -0.163. The van der Waals surface area contributed by atoms with E-state index < -0.39 is 5.60 Å². The molecule has 1 unspecified atom stereocenters. The van der Waals surface area contributed by atoms with Crippen molar-refractivity contribution in [1.82, 2.24) is 4.90 Å². The van der Waals surface area contributed by atoms with Crippen molar-refractivity contribution in [1.29, 1.82) is 0 Å². The van der Waals surface area contributed by atoms with Gasteiger partial charge in [-0.1, -0.05) is 26.2 Å². The fourth-order valence-corrected chi connectivity index (χ4v) is 3.12. The molecule has 2 rings (SSSR count). The van der Waals surface area contributed by atoms with Crippen LogP contribution < -0.4 is 10.1 Å². The van der Waals surface area contributed by atoms with Crippen molar-refractivity contribution in [3.8, 4) is 5.75 Å². The zero-order valence-corrected chi connectivity index (χ0v) is 16.8. The van der Waals surface area contributed by atoms with Gasteiger partial charge in [-0.25, -0.2) is 0 Å². The van der Waals surface area contributed by atoms with E-state index in [-0.39, 0.29) is 18.4 Å². The van der Waals surface area contributed by atoms with Crippen LogP contribution >= 0.6 is 0 Å². The number of rotatable bonds is 10. The van der Waals surface area contributed by atoms with Gasteiger partial charge in [-0.2, -0.15) is 0 Å². The first-order valence-corrected chi connectivity index (χ1v) is 9.86. The molecule has 27 heavy (non-hydrogen) atoms. The van der Waals surface area contributed by atoms with Crippen molar-refractivity contribution in [3.63, 3.8) is 0 Å². The summed E-state index contributed by atoms with van der Waals surface area (Å²) in [6, 6.07) is 7.06. The number of anilines is 1. The Morgan fingerprint density at radius 2 is 1.81 bits per heavy atom. The van der Waals surface area contributed by atoms with Gasteiger partial charge >= 0.3 is 0 Å². The van der Waals surface area contributed by atoms with Gasteiger partial charge in [0.1, 0.15) is 11.4 Å². The van der Waals surface area contributed by atoms with E-state index in [0.717, 1.165) is 45.2 Å². The Kier molecular flexibility index (Phi) is 8.10. The maximum atomic E-state index is 12.6. The summed E-state index contributed by atoms with van der Waals surface area (Å²) in [5, 5.41) is 2.90. The summed E-state index contributed by atoms with van der Waals surface area (Å²) in [7, 11) is 1.57. The number of amides is 2. The van der Waals surface area contributed by atoms with Crippen LogP contribution in [0, 0.1) is 0 Å². The normalized spacial score (nSPS) is 16.0. The molecule has 1 aromatic rings. The topological polar surface area (TPSA) is 67.9 Å². The molecule has 1 fully saturated rings. The van der Waals surface area contributed by atoms with Gasteiger partial charge in [-0.15, -0.1) is 0 Å². The summed E-state index contributed by atoms with van der Waals surface area (Å²) < 4.78 is 11.0. The first-order valence-electron chi connectivity index (χ1n) is 9.86. The number of methoxy groups -OCH3 is 1. The lowest BCUT2D eigenvalue weighted by Gasteiger charge is -2.27. The molecule has 1 N–H and O–H groups in total. The minimum absolute atomic E-state index is 0.0211. The molecule has 0 saturated carbocycles. The van der Waals surface area contributed by atoms with Crippen molar-refractivity contribution in [2.45, 2.75) is 58.0 Å². The molecule has 1 heterocycles. The van der Waals surface area contributed by atoms with Gasteiger partial charge in [0.25, 0.3) is 11.8 Å². The third kappa shape index (κ3) is 6.24. The molecule has 1 saturated heterocycles. The highest BCUT2D eigenvalue weighted by molar-refractivity contribution is 5.97. The van der Waals surface area contributed by atoms with E-state index in [9.17, 15) is 9.59 Å². The number of nitrogens with zero attached hydrogens (tertiary/aromatic N) is 1. The molecular formula is C21H32N2O4. The quantitative estimate of drug-likeness (QED) is 0.634. The smallest absolute Gasteiger partial charge is 0.260 e. The first kappa shape index (κ1) is 21.2. The Hall–Kier alpha value is -2.08. The number of hydrogen-bond donors (Lipinski definition) is 1. The fourth-order valence-electron chi connectivity index (χ4n) is 3.12. The van der Waals surface area contributed by atoms with Gasteiger partial charge in [0.2, 0.25) is 0 Å². The van der Waals surface area contributed by atoms with Gasteiger partial charge in [0, 0.05) is 25.9 Å². The Bertz CT molecular complexity index is 611. The molecular weight excluding hydrogens is 344 g/mol. The maximum Gasteiger partial charge on any atom is 0.260 e. The van der Waals surface area contributed by atoms with Crippen LogP contribution in [0.15, 0.2) is 24.3 Å². The SMILES string of the molecule is CCCCCC(C)(OC)C(=O)Nc1ccc(OCC(=O)N2CCCC2)cc1. The van der Waals surface area contributed by atoms with Crippen LogP contribution in [0.4, 0.5) is 5.69 Å². The standard InChI is InChI=1S/C21H32N2O4/c1-4-5-6-13-21(2,26-3)20(25)22-17-9-11-18(12-10-17)27-16-19(24)23-14-7-8-15-23/h9-12H,4-8,13-16H2,1-3H3,(H,22,25). The minimum atomic E-state index is -0.841. The third-order valence-corrected chi connectivity index (χ3v) is 5.12. The van der Waals surface area contributed by atoms with Crippen LogP contribution in [0.2, 0.25) is 0 Å². The lowest BCUT2D eigenvalue weighted by molar-refractivity contribution is -0.136. The Morgan fingerprint density at radius 1 is 1.15 bits per heavy atom. The monoisotopic (exact) mass is 376 g/mol. The predicted molar refractivity (Wildman–Crippen MR) is 106 cm³/mol. The van der Waals surface area contributed by atoms with E-state index in [2.05, 4.69) is 12.2 Å². The number of benzene rings is 1. The lowest BCUT2D eigenvalue weighted by atomic mass is 9.97. The number of hydrogen-bond acceptors (Lipinski definition) is 4. The largest absolute Gasteiger partial charge is 0.484 e. The maximum absolute atomic E-state index is 12.6. The van der Waals surface area contributed by atoms with Crippen LogP contribution in [-0.2, 0) is 14.3 Å². The molecule has 150 valence electrons. The van der Waals surface area contributed by atoms with E-state index in [1.165, 1.54) is 0 Å². The molecule has 1 aromatic carbocycles. The number of carbonyl (C=O) groups is 2. The van der Waals surface area contributed by atoms with Crippen LogP contribution in [0.3, 0.4) is 0 Å². The highest BCUT2D eigenvalue weighted by atomic mass is 16.5. The Morgan fingerprint density at radius 3 is 2.41 bits per heavy atom. The molecule has 6 heteroatoms. The second-order valence-corrected chi connectivity index (χ2v) is 7.25. The highest BCUT2D eigenvalue weighted by Crippen LogP contribution is 2.22. The third-order valence-electron chi connectivity index (χ3n) is 5.12. The summed E-state index contributed by atoms with van der Waals surface area (Å²) >= 11 is 0. The van der Waals surface area contributed by atoms with Crippen LogP contribution in [0.25, 0.3) is 0 Å². The summed E-state index contributed by atoms with van der Waals surface area (Å²) in [6.45, 7) is 5.64. The number of nitrogens with one attached hydrogen (secondary N) is 1. The van der Waals surface area contributed by atoms with Gasteiger partial charge < -0.3 is 19.7 Å². The van der Waals surface area contributed by atoms with Gasteiger partial charge in [-0.3, -0.25) is 9.59 Å². The molecule has 0 aliphatic carbocycles. The van der Waals surface area contributed by atoms with Crippen molar-refractivity contribution >= 4 is 17.5 Å². The van der Waals surface area contributed by atoms with Gasteiger partial charge in [0.15, 0.2) is 6.61 Å². The fraction of sp³-hybridized carbons (Fsp3) is 0.619. The zero-order valence-electron chi connectivity index (χ0n) is 16.8. The molecule has 0 spiro atoms. The van der Waals surface area contributed by atoms with Gasteiger partial charge in [-0.05, 0) is 50.5 Å². The van der Waals surface area contributed by atoms with Gasteiger partial charge in [0.05, 0.1) is 0 Å². The van der Waals surface area contributed by atoms with Crippen molar-refractivity contribution in [3.05, 3.63) is 24.3 Å². The number of carbonyl (C=O) groups excluding carboxylic acids is 2. The second kappa shape index (κ2) is 10.3. The Labute approximate surface area is 162 Å². The van der Waals surface area contributed by atoms with Crippen molar-refractivity contribution in [2.24, 2.45) is 0 Å². The predicted octanol–water partition coefficient (Wildman–Crippen LogP) is 3.61. The molecule has 2 amide bonds. The summed E-state index contributed by atoms with van der Waals surface area (Å²) in [5.74, 6) is 0.477. The number of ether oxygens (including phenoxy) is 2. The minimum Gasteiger partial charge on any atom is -0.484 e. The average molecular weight is 376 g/mol. The molecule has 6 nitrogen and oxygen atoms in total. The second-order valence-electron chi connectivity index (χ2n) is 7.25. The molecule has 0 radical (unpaired) electrons. The van der Waals surface area contributed by atoms with Crippen LogP contribution in [0.5, 0.6) is 5.75 Å². The van der Waals surface area contributed by atoms with E-state index >= 15 is 0 Å². The molecule has 0 aromatic heterocycles. The number of likely N-dealkylation sites (tertiary alicyclic amines) is 1.